The van der Waals surface area contributed by atoms with Crippen LogP contribution in [-0.2, 0) is 21.2 Å². The Morgan fingerprint density at radius 3 is 2.56 bits per heavy atom. The zero-order valence-corrected chi connectivity index (χ0v) is 22.6. The van der Waals surface area contributed by atoms with Crippen molar-refractivity contribution in [2.24, 2.45) is 11.7 Å². The number of nitrogens with two attached hydrogens (primary N) is 1. The minimum absolute atomic E-state index is 0.00942. The highest BCUT2D eigenvalue weighted by molar-refractivity contribution is 7.94. The van der Waals surface area contributed by atoms with Crippen LogP contribution in [0.5, 0.6) is 11.5 Å². The highest BCUT2D eigenvalue weighted by Crippen LogP contribution is 2.35. The van der Waals surface area contributed by atoms with Crippen molar-refractivity contribution in [2.45, 2.75) is 32.7 Å². The van der Waals surface area contributed by atoms with Crippen LogP contribution in [-0.4, -0.2) is 46.1 Å². The summed E-state index contributed by atoms with van der Waals surface area (Å²) >= 11 is 0. The van der Waals surface area contributed by atoms with Gasteiger partial charge < -0.3 is 25.4 Å². The first-order valence-electron chi connectivity index (χ1n) is 12.2. The average molecular weight is 555 g/mol. The first-order valence-corrected chi connectivity index (χ1v) is 13.7. The van der Waals surface area contributed by atoms with E-state index in [1.54, 1.807) is 49.4 Å². The van der Waals surface area contributed by atoms with E-state index in [1.807, 2.05) is 17.7 Å². The minimum atomic E-state index is -4.20. The van der Waals surface area contributed by atoms with Gasteiger partial charge in [0, 0.05) is 30.8 Å². The van der Waals surface area contributed by atoms with Crippen LogP contribution < -0.4 is 30.1 Å². The van der Waals surface area contributed by atoms with E-state index in [-0.39, 0.29) is 29.6 Å². The van der Waals surface area contributed by atoms with E-state index >= 15 is 0 Å². The van der Waals surface area contributed by atoms with E-state index < -0.39 is 33.9 Å². The fourth-order valence-electron chi connectivity index (χ4n) is 4.53. The molecule has 12 heteroatoms. The molecule has 2 atom stereocenters. The molecule has 1 aliphatic heterocycles. The molecular weight excluding hydrogens is 524 g/mol. The van der Waals surface area contributed by atoms with Gasteiger partial charge in [0.05, 0.1) is 4.91 Å². The Kier molecular flexibility index (Phi) is 7.95. The summed E-state index contributed by atoms with van der Waals surface area (Å²) in [6.45, 7) is 3.68. The molecule has 1 heterocycles. The molecule has 39 heavy (non-hydrogen) atoms. The minimum Gasteiger partial charge on any atom is -0.454 e. The van der Waals surface area contributed by atoms with Gasteiger partial charge in [0.1, 0.15) is 6.04 Å². The molecule has 0 radical (unpaired) electrons. The lowest BCUT2D eigenvalue weighted by molar-refractivity contribution is -0.120. The van der Waals surface area contributed by atoms with E-state index in [0.29, 0.717) is 34.7 Å². The van der Waals surface area contributed by atoms with Crippen molar-refractivity contribution in [1.82, 2.24) is 10.0 Å². The zero-order valence-electron chi connectivity index (χ0n) is 21.8. The molecule has 4 amide bonds. The summed E-state index contributed by atoms with van der Waals surface area (Å²) in [5.41, 5.74) is 7.08. The number of likely N-dealkylation sites (N-methyl/N-ethyl adjacent to an activating group) is 1. The van der Waals surface area contributed by atoms with Crippen LogP contribution >= 0.6 is 0 Å². The van der Waals surface area contributed by atoms with Gasteiger partial charge in [-0.3, -0.25) is 9.59 Å². The molecule has 1 unspecified atom stereocenters. The Labute approximate surface area is 226 Å². The summed E-state index contributed by atoms with van der Waals surface area (Å²) in [5, 5.41) is 2.48. The summed E-state index contributed by atoms with van der Waals surface area (Å²) in [5.74, 6) is -0.101. The van der Waals surface area contributed by atoms with E-state index in [4.69, 9.17) is 15.2 Å². The van der Waals surface area contributed by atoms with Gasteiger partial charge >= 0.3 is 6.03 Å². The number of nitrogens with zero attached hydrogens (tertiary/aromatic N) is 1. The van der Waals surface area contributed by atoms with Gasteiger partial charge in [0.15, 0.2) is 11.5 Å². The van der Waals surface area contributed by atoms with Gasteiger partial charge in [-0.05, 0) is 48.6 Å². The number of hydrogen-bond donors (Lipinski definition) is 3. The summed E-state index contributed by atoms with van der Waals surface area (Å²) in [6, 6.07) is 8.99. The number of anilines is 1. The second kappa shape index (κ2) is 11.2. The van der Waals surface area contributed by atoms with Crippen molar-refractivity contribution in [3.8, 4) is 11.5 Å². The van der Waals surface area contributed by atoms with Gasteiger partial charge in [0.2, 0.25) is 18.6 Å². The average Bonchev–Trinajstić information content (AvgIpc) is 3.35. The molecule has 0 saturated heterocycles. The van der Waals surface area contributed by atoms with Crippen LogP contribution in [0.2, 0.25) is 0 Å². The van der Waals surface area contributed by atoms with Gasteiger partial charge in [0.25, 0.3) is 10.0 Å². The van der Waals surface area contributed by atoms with Crippen LogP contribution in [0, 0.1) is 5.92 Å². The van der Waals surface area contributed by atoms with Gasteiger partial charge in [-0.2, -0.15) is 0 Å². The fourth-order valence-corrected chi connectivity index (χ4v) is 5.75. The molecule has 0 spiro atoms. The molecule has 206 valence electrons. The number of carbonyl (C=O) groups is 3. The maximum absolute atomic E-state index is 13.6. The number of ether oxygens (including phenoxy) is 2. The summed E-state index contributed by atoms with van der Waals surface area (Å²) in [6.07, 6.45) is 3.77. The first-order chi connectivity index (χ1) is 18.5. The maximum Gasteiger partial charge on any atom is 0.329 e. The van der Waals surface area contributed by atoms with E-state index in [1.165, 1.54) is 18.0 Å². The molecule has 2 aromatic rings. The van der Waals surface area contributed by atoms with Crippen LogP contribution in [0.15, 0.2) is 65.1 Å². The Morgan fingerprint density at radius 2 is 1.85 bits per heavy atom. The quantitative estimate of drug-likeness (QED) is 0.453. The second-order valence-electron chi connectivity index (χ2n) is 9.42. The summed E-state index contributed by atoms with van der Waals surface area (Å²) in [7, 11) is -2.69. The van der Waals surface area contributed by atoms with Gasteiger partial charge in [-0.25, -0.2) is 17.9 Å². The van der Waals surface area contributed by atoms with Crippen molar-refractivity contribution in [2.75, 3.05) is 18.7 Å². The Bertz CT molecular complexity index is 1480. The number of primary amides is 1. The number of allylic oxidation sites excluding steroid dienone is 3. The van der Waals surface area contributed by atoms with Crippen molar-refractivity contribution in [3.05, 3.63) is 76.2 Å². The number of fused-ring (bicyclic) bond motifs is 1. The van der Waals surface area contributed by atoms with E-state index in [0.717, 1.165) is 0 Å². The second-order valence-corrected chi connectivity index (χ2v) is 11.1. The van der Waals surface area contributed by atoms with E-state index in [9.17, 15) is 22.8 Å². The SMILES string of the molecule is CC1=CC(C)CC=C1S(=O)(=O)NC(=O)N[C@@H](Cc1ccccc1C(N)=O)C(=O)N(C)c1ccc2c(c1)OCO2. The molecule has 0 fully saturated rings. The topological polar surface area (TPSA) is 157 Å². The highest BCUT2D eigenvalue weighted by Gasteiger charge is 2.30. The number of nitrogens with one attached hydrogen (secondary N) is 2. The normalized spacial score (nSPS) is 16.9. The lowest BCUT2D eigenvalue weighted by Gasteiger charge is -2.26. The number of hydrogen-bond acceptors (Lipinski definition) is 7. The van der Waals surface area contributed by atoms with Crippen molar-refractivity contribution in [3.63, 3.8) is 0 Å². The maximum atomic E-state index is 13.6. The predicted molar refractivity (Wildman–Crippen MR) is 145 cm³/mol. The molecule has 4 rings (SSSR count). The van der Waals surface area contributed by atoms with Crippen LogP contribution in [0.3, 0.4) is 0 Å². The number of amides is 4. The number of urea groups is 1. The standard InChI is InChI=1S/C27H30N4O7S/c1-16-8-11-24(17(2)12-16)39(35,36)30-27(34)29-21(13-18-6-4-5-7-20(18)25(28)32)26(33)31(3)19-9-10-22-23(14-19)38-15-37-22/h4-7,9-12,14,16,21H,8,13,15H2,1-3H3,(H2,28,32)(H2,29,30,34)/t16?,21-/m0/s1. The predicted octanol–water partition coefficient (Wildman–Crippen LogP) is 2.59. The summed E-state index contributed by atoms with van der Waals surface area (Å²) < 4.78 is 38.6. The molecule has 2 aromatic carbocycles. The van der Waals surface area contributed by atoms with Crippen LogP contribution in [0.1, 0.15) is 36.2 Å². The number of sulfonamides is 1. The smallest absolute Gasteiger partial charge is 0.329 e. The molecule has 4 N–H and O–H groups in total. The lowest BCUT2D eigenvalue weighted by atomic mass is 9.99. The Morgan fingerprint density at radius 1 is 1.13 bits per heavy atom. The Hall–Kier alpha value is -4.32. The Balaban J connectivity index is 1.59. The van der Waals surface area contributed by atoms with Crippen molar-refractivity contribution >= 4 is 33.6 Å². The molecule has 0 saturated carbocycles. The van der Waals surface area contributed by atoms with Gasteiger partial charge in [-0.1, -0.05) is 37.3 Å². The molecule has 0 aromatic heterocycles. The van der Waals surface area contributed by atoms with Gasteiger partial charge in [-0.15, -0.1) is 0 Å². The molecule has 1 aliphatic carbocycles. The summed E-state index contributed by atoms with van der Waals surface area (Å²) in [4.78, 5) is 39.9. The van der Waals surface area contributed by atoms with Crippen LogP contribution in [0.25, 0.3) is 0 Å². The third kappa shape index (κ3) is 6.23. The molecule has 11 nitrogen and oxygen atoms in total. The molecule has 0 bridgehead atoms. The first kappa shape index (κ1) is 27.7. The number of benzene rings is 2. The number of rotatable bonds is 8. The van der Waals surface area contributed by atoms with Crippen molar-refractivity contribution in [1.29, 1.82) is 0 Å². The zero-order chi connectivity index (χ0) is 28.3. The molecular formula is C27H30N4O7S. The van der Waals surface area contributed by atoms with Crippen molar-refractivity contribution < 1.29 is 32.3 Å². The fraction of sp³-hybridized carbons (Fsp3) is 0.296. The highest BCUT2D eigenvalue weighted by atomic mass is 32.2. The molecule has 2 aliphatic rings. The third-order valence-electron chi connectivity index (χ3n) is 6.50. The largest absolute Gasteiger partial charge is 0.454 e. The van der Waals surface area contributed by atoms with E-state index in [2.05, 4.69) is 5.32 Å². The van der Waals surface area contributed by atoms with Crippen LogP contribution in [0.4, 0.5) is 10.5 Å². The third-order valence-corrected chi connectivity index (χ3v) is 8.02. The lowest BCUT2D eigenvalue weighted by Crippen LogP contribution is -2.52. The monoisotopic (exact) mass is 554 g/mol. The number of carbonyl (C=O) groups excluding carboxylic acids is 3.